The van der Waals surface area contributed by atoms with E-state index in [0.717, 1.165) is 22.6 Å². The van der Waals surface area contributed by atoms with Crippen LogP contribution in [0.2, 0.25) is 0 Å². The molecule has 0 radical (unpaired) electrons. The number of hydrogen-bond acceptors (Lipinski definition) is 4. The molecular weight excluding hydrogens is 242 g/mol. The summed E-state index contributed by atoms with van der Waals surface area (Å²) in [4.78, 5) is 7.73. The molecule has 3 aromatic rings. The van der Waals surface area contributed by atoms with Crippen LogP contribution in [-0.4, -0.2) is 15.1 Å². The average Bonchev–Trinajstić information content (AvgIpc) is 3.04. The largest absolute Gasteiger partial charge is 0.462 e. The number of aliphatic hydroxyl groups is 1. The SMILES string of the molecule is OCc1ccc(CNCc2nc3ccccc3[nH]2)o1. The lowest BCUT2D eigenvalue weighted by atomic mass is 10.3. The second-order valence-electron chi connectivity index (χ2n) is 4.33. The molecule has 0 saturated carbocycles. The van der Waals surface area contributed by atoms with Crippen molar-refractivity contribution < 1.29 is 9.52 Å². The van der Waals surface area contributed by atoms with Crippen molar-refractivity contribution in [3.8, 4) is 0 Å². The Morgan fingerprint density at radius 2 is 1.95 bits per heavy atom. The van der Waals surface area contributed by atoms with E-state index >= 15 is 0 Å². The van der Waals surface area contributed by atoms with Crippen LogP contribution in [0.25, 0.3) is 11.0 Å². The topological polar surface area (TPSA) is 74.1 Å². The second-order valence-corrected chi connectivity index (χ2v) is 4.33. The molecule has 0 spiro atoms. The van der Waals surface area contributed by atoms with Gasteiger partial charge < -0.3 is 19.8 Å². The number of nitrogens with one attached hydrogen (secondary N) is 2. The molecular formula is C14H15N3O2. The lowest BCUT2D eigenvalue weighted by molar-refractivity contribution is 0.242. The van der Waals surface area contributed by atoms with Crippen LogP contribution in [-0.2, 0) is 19.7 Å². The third-order valence-electron chi connectivity index (χ3n) is 2.90. The van der Waals surface area contributed by atoms with Gasteiger partial charge >= 0.3 is 0 Å². The summed E-state index contributed by atoms with van der Waals surface area (Å²) >= 11 is 0. The first kappa shape index (κ1) is 12.0. The Bertz CT molecular complexity index is 639. The minimum atomic E-state index is -0.0659. The normalized spacial score (nSPS) is 11.2. The summed E-state index contributed by atoms with van der Waals surface area (Å²) in [6.45, 7) is 1.18. The number of fused-ring (bicyclic) bond motifs is 1. The zero-order chi connectivity index (χ0) is 13.1. The molecule has 3 N–H and O–H groups in total. The summed E-state index contributed by atoms with van der Waals surface area (Å²) in [6, 6.07) is 11.6. The highest BCUT2D eigenvalue weighted by Gasteiger charge is 2.03. The Morgan fingerprint density at radius 1 is 1.11 bits per heavy atom. The summed E-state index contributed by atoms with van der Waals surface area (Å²) in [7, 11) is 0. The maximum absolute atomic E-state index is 8.91. The molecule has 19 heavy (non-hydrogen) atoms. The van der Waals surface area contributed by atoms with Crippen LogP contribution in [0.4, 0.5) is 0 Å². The smallest absolute Gasteiger partial charge is 0.129 e. The van der Waals surface area contributed by atoms with Crippen molar-refractivity contribution in [1.82, 2.24) is 15.3 Å². The Morgan fingerprint density at radius 3 is 2.74 bits per heavy atom. The monoisotopic (exact) mass is 257 g/mol. The zero-order valence-corrected chi connectivity index (χ0v) is 10.4. The number of H-pyrrole nitrogens is 1. The first-order valence-electron chi connectivity index (χ1n) is 6.18. The van der Waals surface area contributed by atoms with Crippen molar-refractivity contribution in [3.63, 3.8) is 0 Å². The number of aliphatic hydroxyl groups excluding tert-OH is 1. The highest BCUT2D eigenvalue weighted by atomic mass is 16.4. The quantitative estimate of drug-likeness (QED) is 0.653. The number of aromatic amines is 1. The van der Waals surface area contributed by atoms with Gasteiger partial charge in [0, 0.05) is 0 Å². The van der Waals surface area contributed by atoms with Gasteiger partial charge in [0.05, 0.1) is 24.1 Å². The van der Waals surface area contributed by atoms with Crippen molar-refractivity contribution in [1.29, 1.82) is 0 Å². The fourth-order valence-electron chi connectivity index (χ4n) is 2.00. The predicted octanol–water partition coefficient (Wildman–Crippen LogP) is 1.94. The van der Waals surface area contributed by atoms with Gasteiger partial charge in [0.2, 0.25) is 0 Å². The van der Waals surface area contributed by atoms with Crippen LogP contribution in [0, 0.1) is 0 Å². The van der Waals surface area contributed by atoms with E-state index in [1.807, 2.05) is 30.3 Å². The number of benzene rings is 1. The molecule has 0 aliphatic carbocycles. The van der Waals surface area contributed by atoms with E-state index in [0.29, 0.717) is 18.8 Å². The van der Waals surface area contributed by atoms with Gasteiger partial charge in [-0.2, -0.15) is 0 Å². The number of imidazole rings is 1. The van der Waals surface area contributed by atoms with Crippen LogP contribution < -0.4 is 5.32 Å². The van der Waals surface area contributed by atoms with Gasteiger partial charge in [-0.3, -0.25) is 0 Å². The van der Waals surface area contributed by atoms with E-state index in [9.17, 15) is 0 Å². The minimum Gasteiger partial charge on any atom is -0.462 e. The maximum Gasteiger partial charge on any atom is 0.129 e. The Kier molecular flexibility index (Phi) is 3.31. The van der Waals surface area contributed by atoms with E-state index in [1.165, 1.54) is 0 Å². The molecule has 5 heteroatoms. The van der Waals surface area contributed by atoms with Gasteiger partial charge in [0.25, 0.3) is 0 Å². The van der Waals surface area contributed by atoms with Gasteiger partial charge in [0.15, 0.2) is 0 Å². The fourth-order valence-corrected chi connectivity index (χ4v) is 2.00. The van der Waals surface area contributed by atoms with E-state index in [2.05, 4.69) is 15.3 Å². The van der Waals surface area contributed by atoms with Gasteiger partial charge in [0.1, 0.15) is 24.0 Å². The second kappa shape index (κ2) is 5.26. The lowest BCUT2D eigenvalue weighted by Gasteiger charge is -1.99. The van der Waals surface area contributed by atoms with E-state index in [1.54, 1.807) is 6.07 Å². The number of hydrogen-bond donors (Lipinski definition) is 3. The number of para-hydroxylation sites is 2. The Hall–Kier alpha value is -2.11. The highest BCUT2D eigenvalue weighted by molar-refractivity contribution is 5.74. The van der Waals surface area contributed by atoms with Crippen LogP contribution >= 0.6 is 0 Å². The molecule has 2 aromatic heterocycles. The third-order valence-corrected chi connectivity index (χ3v) is 2.90. The van der Waals surface area contributed by atoms with E-state index in [4.69, 9.17) is 9.52 Å². The van der Waals surface area contributed by atoms with Gasteiger partial charge in [-0.15, -0.1) is 0 Å². The summed E-state index contributed by atoms with van der Waals surface area (Å²) < 4.78 is 5.39. The van der Waals surface area contributed by atoms with Crippen molar-refractivity contribution in [2.24, 2.45) is 0 Å². The number of rotatable bonds is 5. The van der Waals surface area contributed by atoms with Crippen molar-refractivity contribution >= 4 is 11.0 Å². The standard InChI is InChI=1S/C14H15N3O2/c18-9-11-6-5-10(19-11)7-15-8-14-16-12-3-1-2-4-13(12)17-14/h1-6,15,18H,7-9H2,(H,16,17). The minimum absolute atomic E-state index is 0.0659. The fraction of sp³-hybridized carbons (Fsp3) is 0.214. The van der Waals surface area contributed by atoms with Crippen LogP contribution in [0.5, 0.6) is 0 Å². The molecule has 98 valence electrons. The summed E-state index contributed by atoms with van der Waals surface area (Å²) in [6.07, 6.45) is 0. The molecule has 0 bridgehead atoms. The van der Waals surface area contributed by atoms with E-state index < -0.39 is 0 Å². The number of nitrogens with zero attached hydrogens (tertiary/aromatic N) is 1. The Balaban J connectivity index is 1.59. The van der Waals surface area contributed by atoms with Crippen molar-refractivity contribution in [2.45, 2.75) is 19.7 Å². The van der Waals surface area contributed by atoms with Gasteiger partial charge in [-0.25, -0.2) is 4.98 Å². The summed E-state index contributed by atoms with van der Waals surface area (Å²) in [5.41, 5.74) is 2.01. The Labute approximate surface area is 110 Å². The first-order valence-corrected chi connectivity index (χ1v) is 6.18. The molecule has 5 nitrogen and oxygen atoms in total. The molecule has 0 amide bonds. The molecule has 0 aliphatic rings. The lowest BCUT2D eigenvalue weighted by Crippen LogP contribution is -2.13. The molecule has 0 saturated heterocycles. The molecule has 0 fully saturated rings. The van der Waals surface area contributed by atoms with Crippen LogP contribution in [0.1, 0.15) is 17.3 Å². The third kappa shape index (κ3) is 2.67. The van der Waals surface area contributed by atoms with Gasteiger partial charge in [-0.05, 0) is 24.3 Å². The predicted molar refractivity (Wildman–Crippen MR) is 71.3 cm³/mol. The number of furan rings is 1. The zero-order valence-electron chi connectivity index (χ0n) is 10.4. The first-order chi connectivity index (χ1) is 9.35. The number of aromatic nitrogens is 2. The highest BCUT2D eigenvalue weighted by Crippen LogP contribution is 2.11. The van der Waals surface area contributed by atoms with Crippen molar-refractivity contribution in [2.75, 3.05) is 0 Å². The van der Waals surface area contributed by atoms with E-state index in [-0.39, 0.29) is 6.61 Å². The van der Waals surface area contributed by atoms with Gasteiger partial charge in [-0.1, -0.05) is 12.1 Å². The molecule has 3 rings (SSSR count). The maximum atomic E-state index is 8.91. The summed E-state index contributed by atoms with van der Waals surface area (Å²) in [5.74, 6) is 2.29. The summed E-state index contributed by atoms with van der Waals surface area (Å²) in [5, 5.41) is 12.2. The molecule has 0 atom stereocenters. The molecule has 0 aliphatic heterocycles. The van der Waals surface area contributed by atoms with Crippen molar-refractivity contribution in [3.05, 3.63) is 53.7 Å². The molecule has 2 heterocycles. The molecule has 0 unspecified atom stereocenters. The average molecular weight is 257 g/mol. The molecule has 1 aromatic carbocycles. The van der Waals surface area contributed by atoms with Crippen LogP contribution in [0.3, 0.4) is 0 Å². The van der Waals surface area contributed by atoms with Crippen LogP contribution in [0.15, 0.2) is 40.8 Å².